The highest BCUT2D eigenvalue weighted by molar-refractivity contribution is 5.94. The number of amides is 1. The molecule has 5 nitrogen and oxygen atoms in total. The van der Waals surface area contributed by atoms with Crippen molar-refractivity contribution >= 4 is 18.0 Å². The Labute approximate surface area is 128 Å². The van der Waals surface area contributed by atoms with Gasteiger partial charge >= 0.3 is 5.97 Å². The molecule has 0 aliphatic heterocycles. The Hall–Kier alpha value is -2.82. The number of nitrogens with one attached hydrogen (secondary N) is 1. The highest BCUT2D eigenvalue weighted by Crippen LogP contribution is 2.05. The third-order valence-electron chi connectivity index (χ3n) is 3.03. The molecule has 0 bridgehead atoms. The molecule has 0 spiro atoms. The Kier molecular flexibility index (Phi) is 5.54. The summed E-state index contributed by atoms with van der Waals surface area (Å²) < 4.78 is 9.83. The van der Waals surface area contributed by atoms with Crippen molar-refractivity contribution in [2.45, 2.75) is 12.5 Å². The number of hydrogen-bond donors (Lipinski definition) is 1. The molecular formula is C17H17NO4. The smallest absolute Gasteiger partial charge is 0.328 e. The highest BCUT2D eigenvalue weighted by Gasteiger charge is 2.20. The summed E-state index contributed by atoms with van der Waals surface area (Å²) in [6.07, 6.45) is 4.74. The topological polar surface area (TPSA) is 68.5 Å². The molecule has 0 saturated carbocycles. The Morgan fingerprint density at radius 3 is 2.64 bits per heavy atom. The Morgan fingerprint density at radius 1 is 1.23 bits per heavy atom. The van der Waals surface area contributed by atoms with Crippen LogP contribution in [0.2, 0.25) is 0 Å². The predicted molar refractivity (Wildman–Crippen MR) is 81.8 cm³/mol. The van der Waals surface area contributed by atoms with E-state index in [0.717, 1.165) is 5.56 Å². The van der Waals surface area contributed by atoms with Crippen LogP contribution < -0.4 is 5.32 Å². The summed E-state index contributed by atoms with van der Waals surface area (Å²) in [5.41, 5.74) is 0.938. The molecule has 0 aliphatic rings. The van der Waals surface area contributed by atoms with Crippen LogP contribution in [0.5, 0.6) is 0 Å². The molecule has 1 unspecified atom stereocenters. The number of methoxy groups -OCH3 is 1. The minimum atomic E-state index is -0.735. The number of carbonyl (C=O) groups is 2. The monoisotopic (exact) mass is 299 g/mol. The van der Waals surface area contributed by atoms with E-state index in [-0.39, 0.29) is 5.91 Å². The first-order valence-electron chi connectivity index (χ1n) is 6.83. The average molecular weight is 299 g/mol. The predicted octanol–water partition coefficient (Wildman–Crippen LogP) is 2.19. The van der Waals surface area contributed by atoms with Crippen LogP contribution in [0, 0.1) is 0 Å². The van der Waals surface area contributed by atoms with Gasteiger partial charge in [-0.25, -0.2) is 4.79 Å². The molecule has 1 N–H and O–H groups in total. The van der Waals surface area contributed by atoms with Crippen molar-refractivity contribution in [3.63, 3.8) is 0 Å². The molecule has 2 aromatic rings. The number of rotatable bonds is 6. The molecule has 1 aromatic carbocycles. The standard InChI is InChI=1S/C17H17NO4/c1-21-17(20)15(12-13-6-3-2-4-7-13)18-16(19)10-9-14-8-5-11-22-14/h2-11,15H,12H2,1H3,(H,18,19). The lowest BCUT2D eigenvalue weighted by Crippen LogP contribution is -2.42. The van der Waals surface area contributed by atoms with Gasteiger partial charge in [-0.15, -0.1) is 0 Å². The Balaban J connectivity index is 2.00. The number of esters is 1. The molecule has 1 atom stereocenters. The van der Waals surface area contributed by atoms with Crippen molar-refractivity contribution in [3.8, 4) is 0 Å². The van der Waals surface area contributed by atoms with Crippen molar-refractivity contribution in [1.29, 1.82) is 0 Å². The number of furan rings is 1. The van der Waals surface area contributed by atoms with Gasteiger partial charge in [-0.1, -0.05) is 30.3 Å². The molecule has 1 aromatic heterocycles. The van der Waals surface area contributed by atoms with Gasteiger partial charge in [0.1, 0.15) is 11.8 Å². The van der Waals surface area contributed by atoms with Gasteiger partial charge in [-0.05, 0) is 23.8 Å². The summed E-state index contributed by atoms with van der Waals surface area (Å²) in [6.45, 7) is 0. The van der Waals surface area contributed by atoms with Crippen molar-refractivity contribution in [3.05, 3.63) is 66.1 Å². The number of hydrogen-bond acceptors (Lipinski definition) is 4. The van der Waals surface area contributed by atoms with Crippen molar-refractivity contribution in [2.75, 3.05) is 7.11 Å². The molecule has 1 amide bonds. The minimum Gasteiger partial charge on any atom is -0.467 e. The fourth-order valence-corrected chi connectivity index (χ4v) is 1.95. The first-order valence-corrected chi connectivity index (χ1v) is 6.83. The molecule has 0 radical (unpaired) electrons. The zero-order valence-electron chi connectivity index (χ0n) is 12.2. The molecule has 0 saturated heterocycles. The van der Waals surface area contributed by atoms with E-state index in [0.29, 0.717) is 12.2 Å². The maximum atomic E-state index is 11.9. The second kappa shape index (κ2) is 7.83. The summed E-state index contributed by atoms with van der Waals surface area (Å²) in [4.78, 5) is 23.7. The molecule has 0 fully saturated rings. The lowest BCUT2D eigenvalue weighted by Gasteiger charge is -2.15. The average Bonchev–Trinajstić information content (AvgIpc) is 3.06. The summed E-state index contributed by atoms with van der Waals surface area (Å²) in [5, 5.41) is 2.64. The van der Waals surface area contributed by atoms with Crippen LogP contribution in [0.4, 0.5) is 0 Å². The van der Waals surface area contributed by atoms with Crippen LogP contribution >= 0.6 is 0 Å². The zero-order chi connectivity index (χ0) is 15.8. The van der Waals surface area contributed by atoms with E-state index in [1.54, 1.807) is 12.1 Å². The number of benzene rings is 1. The van der Waals surface area contributed by atoms with Crippen LogP contribution in [0.25, 0.3) is 6.08 Å². The van der Waals surface area contributed by atoms with Gasteiger partial charge in [0.15, 0.2) is 0 Å². The van der Waals surface area contributed by atoms with Crippen molar-refractivity contribution in [2.24, 2.45) is 0 Å². The molecule has 114 valence electrons. The first-order chi connectivity index (χ1) is 10.7. The van der Waals surface area contributed by atoms with E-state index in [2.05, 4.69) is 5.32 Å². The Bertz CT molecular complexity index is 632. The third kappa shape index (κ3) is 4.63. The maximum Gasteiger partial charge on any atom is 0.328 e. The van der Waals surface area contributed by atoms with Gasteiger partial charge in [0.2, 0.25) is 5.91 Å². The lowest BCUT2D eigenvalue weighted by atomic mass is 10.1. The largest absolute Gasteiger partial charge is 0.467 e. The van der Waals surface area contributed by atoms with E-state index in [1.807, 2.05) is 30.3 Å². The highest BCUT2D eigenvalue weighted by atomic mass is 16.5. The normalized spacial score (nSPS) is 12.0. The third-order valence-corrected chi connectivity index (χ3v) is 3.03. The van der Waals surface area contributed by atoms with Gasteiger partial charge in [0.05, 0.1) is 13.4 Å². The summed E-state index contributed by atoms with van der Waals surface area (Å²) >= 11 is 0. The first kappa shape index (κ1) is 15.6. The molecule has 5 heteroatoms. The van der Waals surface area contributed by atoms with E-state index in [4.69, 9.17) is 9.15 Å². The maximum absolute atomic E-state index is 11.9. The van der Waals surface area contributed by atoms with Crippen LogP contribution in [0.15, 0.2) is 59.2 Å². The van der Waals surface area contributed by atoms with E-state index in [1.165, 1.54) is 25.5 Å². The van der Waals surface area contributed by atoms with Crippen molar-refractivity contribution < 1.29 is 18.7 Å². The summed E-state index contributed by atoms with van der Waals surface area (Å²) in [5.74, 6) is -0.306. The lowest BCUT2D eigenvalue weighted by molar-refractivity contribution is -0.144. The van der Waals surface area contributed by atoms with Crippen LogP contribution in [-0.4, -0.2) is 25.0 Å². The molecule has 1 heterocycles. The number of ether oxygens (including phenoxy) is 1. The fraction of sp³-hybridized carbons (Fsp3) is 0.176. The van der Waals surface area contributed by atoms with E-state index < -0.39 is 12.0 Å². The van der Waals surface area contributed by atoms with Gasteiger partial charge in [0.25, 0.3) is 0 Å². The van der Waals surface area contributed by atoms with Gasteiger partial charge in [0, 0.05) is 12.5 Å². The van der Waals surface area contributed by atoms with Gasteiger partial charge in [-0.2, -0.15) is 0 Å². The van der Waals surface area contributed by atoms with Crippen LogP contribution in [0.3, 0.4) is 0 Å². The van der Waals surface area contributed by atoms with Crippen LogP contribution in [0.1, 0.15) is 11.3 Å². The summed E-state index contributed by atoms with van der Waals surface area (Å²) in [7, 11) is 1.30. The van der Waals surface area contributed by atoms with Crippen LogP contribution in [-0.2, 0) is 20.7 Å². The van der Waals surface area contributed by atoms with Gasteiger partial charge < -0.3 is 14.5 Å². The second-order valence-corrected chi connectivity index (χ2v) is 4.62. The van der Waals surface area contributed by atoms with E-state index in [9.17, 15) is 9.59 Å². The SMILES string of the molecule is COC(=O)C(Cc1ccccc1)NC(=O)C=Cc1ccco1. The zero-order valence-corrected chi connectivity index (χ0v) is 12.2. The van der Waals surface area contributed by atoms with Crippen molar-refractivity contribution in [1.82, 2.24) is 5.32 Å². The molecule has 22 heavy (non-hydrogen) atoms. The quantitative estimate of drug-likeness (QED) is 0.656. The fourth-order valence-electron chi connectivity index (χ4n) is 1.95. The molecule has 2 rings (SSSR count). The molecule has 0 aliphatic carbocycles. The Morgan fingerprint density at radius 2 is 2.00 bits per heavy atom. The second-order valence-electron chi connectivity index (χ2n) is 4.62. The minimum absolute atomic E-state index is 0.369. The summed E-state index contributed by atoms with van der Waals surface area (Å²) in [6, 6.07) is 12.1. The number of carbonyl (C=O) groups excluding carboxylic acids is 2. The van der Waals surface area contributed by atoms with E-state index >= 15 is 0 Å². The molecular weight excluding hydrogens is 282 g/mol. The van der Waals surface area contributed by atoms with Gasteiger partial charge in [-0.3, -0.25) is 4.79 Å².